The molecular weight excluding hydrogens is 561 g/mol. The Morgan fingerprint density at radius 2 is 1.31 bits per heavy atom. The zero-order chi connectivity index (χ0) is 31.6. The molecule has 0 spiro atoms. The fourth-order valence-corrected chi connectivity index (χ4v) is 15.7. The molecule has 1 heterocycles. The molecule has 1 fully saturated rings. The summed E-state index contributed by atoms with van der Waals surface area (Å²) in [6.07, 6.45) is 16.4. The van der Waals surface area contributed by atoms with Crippen LogP contribution in [0.15, 0.2) is 84.9 Å². The molecule has 3 heteroatoms. The summed E-state index contributed by atoms with van der Waals surface area (Å²) in [5.74, 6) is 1.34. The molecule has 6 rings (SSSR count). The van der Waals surface area contributed by atoms with Gasteiger partial charge >= 0.3 is 0 Å². The summed E-state index contributed by atoms with van der Waals surface area (Å²) in [5, 5.41) is 3.23. The van der Waals surface area contributed by atoms with Gasteiger partial charge in [-0.25, -0.2) is 0 Å². The Morgan fingerprint density at radius 3 is 1.80 bits per heavy atom. The lowest BCUT2D eigenvalue weighted by molar-refractivity contribution is 0.163. The van der Waals surface area contributed by atoms with Gasteiger partial charge < -0.3 is 4.57 Å². The standard InChI is InChI=1S/C42H58N2Si/c1-7-9-15-32-21-25-36(26-22-32)45(43(6)42(3,4)5,37-27-23-33(24-28-37)16-10-8-2)41-29-40(38-19-13-14-20-39(38)41)44-30-34-17-11-12-18-35(34)31-44/h11-13,17-19,21-28,38-41H,7-10,14-16,20,29-31H2,1-6H3. The molecule has 0 radical (unpaired) electrons. The highest BCUT2D eigenvalue weighted by molar-refractivity contribution is 7.01. The second-order valence-corrected chi connectivity index (χ2v) is 19.5. The van der Waals surface area contributed by atoms with Crippen molar-refractivity contribution < 1.29 is 0 Å². The molecule has 0 amide bonds. The molecule has 0 bridgehead atoms. The van der Waals surface area contributed by atoms with Crippen molar-refractivity contribution in [1.29, 1.82) is 0 Å². The predicted octanol–water partition coefficient (Wildman–Crippen LogP) is 8.90. The van der Waals surface area contributed by atoms with Crippen molar-refractivity contribution >= 4 is 18.6 Å². The van der Waals surface area contributed by atoms with Crippen LogP contribution in [-0.2, 0) is 25.9 Å². The number of hydrogen-bond acceptors (Lipinski definition) is 2. The molecule has 240 valence electrons. The van der Waals surface area contributed by atoms with E-state index in [1.165, 1.54) is 80.0 Å². The maximum absolute atomic E-state index is 2.92. The van der Waals surface area contributed by atoms with E-state index in [4.69, 9.17) is 0 Å². The van der Waals surface area contributed by atoms with Gasteiger partial charge in [-0.1, -0.05) is 112 Å². The molecule has 2 nitrogen and oxygen atoms in total. The molecule has 4 unspecified atom stereocenters. The van der Waals surface area contributed by atoms with Crippen LogP contribution in [-0.4, -0.2) is 36.3 Å². The Balaban J connectivity index is 1.49. The Bertz CT molecular complexity index is 1360. The van der Waals surface area contributed by atoms with Gasteiger partial charge in [0.1, 0.15) is 0 Å². The highest BCUT2D eigenvalue weighted by Gasteiger charge is 2.59. The summed E-state index contributed by atoms with van der Waals surface area (Å²) in [4.78, 5) is 2.86. The third-order valence-corrected chi connectivity index (χ3v) is 17.7. The van der Waals surface area contributed by atoms with Crippen LogP contribution in [0.1, 0.15) is 102 Å². The van der Waals surface area contributed by atoms with Crippen LogP contribution in [0.2, 0.25) is 5.54 Å². The van der Waals surface area contributed by atoms with Crippen molar-refractivity contribution in [2.45, 2.75) is 123 Å². The van der Waals surface area contributed by atoms with Gasteiger partial charge in [-0.2, -0.15) is 0 Å². The van der Waals surface area contributed by atoms with Crippen LogP contribution < -0.4 is 10.4 Å². The maximum atomic E-state index is 2.92. The number of rotatable bonds is 11. The van der Waals surface area contributed by atoms with Gasteiger partial charge in [-0.15, -0.1) is 0 Å². The van der Waals surface area contributed by atoms with Gasteiger partial charge in [0.2, 0.25) is 0 Å². The fraction of sp³-hybridized carbons (Fsp3) is 0.524. The summed E-state index contributed by atoms with van der Waals surface area (Å²) in [7, 11) is 0.0250. The van der Waals surface area contributed by atoms with Gasteiger partial charge in [0.25, 0.3) is 0 Å². The van der Waals surface area contributed by atoms with E-state index in [0.717, 1.165) is 13.1 Å². The zero-order valence-corrected chi connectivity index (χ0v) is 30.1. The average Bonchev–Trinajstić information content (AvgIpc) is 3.66. The van der Waals surface area contributed by atoms with E-state index in [0.29, 0.717) is 23.4 Å². The first-order chi connectivity index (χ1) is 21.8. The summed E-state index contributed by atoms with van der Waals surface area (Å²) in [5.41, 5.74) is 6.77. The third kappa shape index (κ3) is 6.30. The number of unbranched alkanes of at least 4 members (excludes halogenated alkanes) is 2. The topological polar surface area (TPSA) is 6.48 Å². The second kappa shape index (κ2) is 13.7. The minimum absolute atomic E-state index is 0.0515. The minimum atomic E-state index is -2.47. The fourth-order valence-electron chi connectivity index (χ4n) is 9.19. The highest BCUT2D eigenvalue weighted by Crippen LogP contribution is 2.54. The lowest BCUT2D eigenvalue weighted by atomic mass is 9.85. The van der Waals surface area contributed by atoms with E-state index in [2.05, 4.69) is 136 Å². The zero-order valence-electron chi connectivity index (χ0n) is 29.1. The van der Waals surface area contributed by atoms with Crippen molar-refractivity contribution in [3.8, 4) is 0 Å². The quantitative estimate of drug-likeness (QED) is 0.156. The largest absolute Gasteiger partial charge is 0.314 e. The summed E-state index contributed by atoms with van der Waals surface area (Å²) in [6.45, 7) is 14.2. The van der Waals surface area contributed by atoms with Crippen molar-refractivity contribution in [3.63, 3.8) is 0 Å². The van der Waals surface area contributed by atoms with E-state index in [9.17, 15) is 0 Å². The smallest absolute Gasteiger partial charge is 0.196 e. The highest BCUT2D eigenvalue weighted by atomic mass is 28.3. The second-order valence-electron chi connectivity index (χ2n) is 15.4. The Labute approximate surface area is 276 Å². The molecule has 4 atom stereocenters. The molecule has 3 aliphatic rings. The summed E-state index contributed by atoms with van der Waals surface area (Å²) >= 11 is 0. The molecule has 3 aromatic rings. The third-order valence-electron chi connectivity index (χ3n) is 11.8. The van der Waals surface area contributed by atoms with Gasteiger partial charge in [0.05, 0.1) is 0 Å². The normalized spacial score (nSPS) is 23.4. The lowest BCUT2D eigenvalue weighted by Crippen LogP contribution is -2.75. The van der Waals surface area contributed by atoms with Crippen molar-refractivity contribution in [2.24, 2.45) is 11.8 Å². The van der Waals surface area contributed by atoms with Crippen LogP contribution in [0, 0.1) is 11.8 Å². The first-order valence-electron chi connectivity index (χ1n) is 18.2. The number of nitrogens with zero attached hydrogens (tertiary/aromatic N) is 2. The number of hydrogen-bond donors (Lipinski definition) is 0. The Morgan fingerprint density at radius 1 is 0.778 bits per heavy atom. The number of fused-ring (bicyclic) bond motifs is 2. The maximum Gasteiger partial charge on any atom is 0.196 e. The van der Waals surface area contributed by atoms with Crippen molar-refractivity contribution in [1.82, 2.24) is 9.47 Å². The van der Waals surface area contributed by atoms with Crippen LogP contribution in [0.5, 0.6) is 0 Å². The number of allylic oxidation sites excluding steroid dienone is 1. The number of aryl methyl sites for hydroxylation is 2. The molecule has 1 aliphatic heterocycles. The van der Waals surface area contributed by atoms with Crippen LogP contribution in [0.3, 0.4) is 0 Å². The first-order valence-corrected chi connectivity index (χ1v) is 20.2. The molecule has 1 saturated carbocycles. The van der Waals surface area contributed by atoms with E-state index in [1.54, 1.807) is 10.4 Å². The van der Waals surface area contributed by atoms with E-state index in [1.807, 2.05) is 0 Å². The molecule has 0 aromatic heterocycles. The molecule has 3 aromatic carbocycles. The van der Waals surface area contributed by atoms with Crippen LogP contribution >= 0.6 is 0 Å². The number of benzene rings is 3. The Hall–Kier alpha value is -2.46. The Kier molecular flexibility index (Phi) is 9.90. The van der Waals surface area contributed by atoms with Gasteiger partial charge in [-0.05, 0) is 123 Å². The van der Waals surface area contributed by atoms with E-state index >= 15 is 0 Å². The minimum Gasteiger partial charge on any atom is -0.314 e. The summed E-state index contributed by atoms with van der Waals surface area (Å²) in [6, 6.07) is 30.1. The average molecular weight is 619 g/mol. The molecular formula is C42H58N2Si. The predicted molar refractivity (Wildman–Crippen MR) is 196 cm³/mol. The van der Waals surface area contributed by atoms with E-state index < -0.39 is 8.24 Å². The molecule has 0 N–H and O–H groups in total. The van der Waals surface area contributed by atoms with Crippen molar-refractivity contribution in [2.75, 3.05) is 7.05 Å². The van der Waals surface area contributed by atoms with Crippen LogP contribution in [0.4, 0.5) is 0 Å². The van der Waals surface area contributed by atoms with Gasteiger partial charge in [0.15, 0.2) is 8.24 Å². The first kappa shape index (κ1) is 32.5. The SMILES string of the molecule is CCCCc1ccc([Si](c2ccc(CCCC)cc2)(C2CC(N3Cc4ccccc4C3)C3C=CCCC32)N(C)C(C)(C)C)cc1. The lowest BCUT2D eigenvalue weighted by Gasteiger charge is -2.53. The summed E-state index contributed by atoms with van der Waals surface area (Å²) < 4.78 is 2.92. The van der Waals surface area contributed by atoms with E-state index in [-0.39, 0.29) is 5.54 Å². The van der Waals surface area contributed by atoms with Gasteiger partial charge in [-0.3, -0.25) is 4.90 Å². The van der Waals surface area contributed by atoms with Crippen LogP contribution in [0.25, 0.3) is 0 Å². The monoisotopic (exact) mass is 618 g/mol. The molecule has 0 saturated heterocycles. The molecule has 45 heavy (non-hydrogen) atoms. The molecule has 2 aliphatic carbocycles. The van der Waals surface area contributed by atoms with Gasteiger partial charge in [0, 0.05) is 24.7 Å². The van der Waals surface area contributed by atoms with Crippen molar-refractivity contribution in [3.05, 3.63) is 107 Å².